The third-order valence-electron chi connectivity index (χ3n) is 7.38. The van der Waals surface area contributed by atoms with E-state index in [2.05, 4.69) is 25.3 Å². The number of nitrogens with one attached hydrogen (secondary N) is 3. The van der Waals surface area contributed by atoms with Crippen molar-refractivity contribution < 1.29 is 23.9 Å². The van der Waals surface area contributed by atoms with Crippen molar-refractivity contribution in [3.63, 3.8) is 0 Å². The molecule has 1 aromatic carbocycles. The van der Waals surface area contributed by atoms with Gasteiger partial charge in [0.05, 0.1) is 48.8 Å². The fraction of sp³-hybridized carbons (Fsp3) is 0.481. The first kappa shape index (κ1) is 27.2. The van der Waals surface area contributed by atoms with Gasteiger partial charge in [-0.15, -0.1) is 0 Å². The first-order valence-electron chi connectivity index (χ1n) is 13.0. The number of fused-ring (bicyclic) bond motifs is 3. The summed E-state index contributed by atoms with van der Waals surface area (Å²) in [7, 11) is 1.33. The molecule has 0 radical (unpaired) electrons. The Labute approximate surface area is 231 Å². The van der Waals surface area contributed by atoms with Gasteiger partial charge in [0.2, 0.25) is 11.8 Å². The van der Waals surface area contributed by atoms with Gasteiger partial charge in [-0.25, -0.2) is 4.79 Å². The Balaban J connectivity index is 1.30. The molecule has 2 fully saturated rings. The lowest BCUT2D eigenvalue weighted by Crippen LogP contribution is -2.60. The maximum Gasteiger partial charge on any atom is 0.407 e. The van der Waals surface area contributed by atoms with E-state index in [1.807, 2.05) is 30.9 Å². The van der Waals surface area contributed by atoms with E-state index < -0.39 is 17.7 Å². The number of likely N-dealkylation sites (tertiary alicyclic amines) is 1. The van der Waals surface area contributed by atoms with Crippen LogP contribution in [0.4, 0.5) is 10.5 Å². The summed E-state index contributed by atoms with van der Waals surface area (Å²) in [6, 6.07) is 4.76. The number of nitrogens with zero attached hydrogens (tertiary/aromatic N) is 3. The van der Waals surface area contributed by atoms with Crippen LogP contribution in [0.15, 0.2) is 30.6 Å². The molecule has 0 saturated carbocycles. The SMILES string of the molecule is COC(=O)NC1CCN(C(=O)CN2CC(C)(C)OC[C@@H]2C(=O)Nc2cc(Cl)cc3c2[nH]c2cnccc23)CC1. The Kier molecular flexibility index (Phi) is 7.66. The van der Waals surface area contributed by atoms with E-state index in [1.165, 1.54) is 7.11 Å². The Bertz CT molecular complexity index is 1400. The standard InChI is InChI=1S/C27H33ClN6O5/c1-27(2)15-34(13-23(35)33-8-5-17(6-9-33)30-26(37)38-3)22(14-39-27)25(36)32-20-11-16(28)10-19-18-4-7-29-12-21(18)31-24(19)20/h4,7,10-12,17,22,31H,5-6,8-9,13-15H2,1-3H3,(H,30,37)(H,32,36)/t22-/m1/s1. The first-order chi connectivity index (χ1) is 18.6. The second-order valence-corrected chi connectivity index (χ2v) is 11.1. The first-order valence-corrected chi connectivity index (χ1v) is 13.4. The van der Waals surface area contributed by atoms with Gasteiger partial charge in [-0.1, -0.05) is 11.6 Å². The van der Waals surface area contributed by atoms with Crippen LogP contribution in [0, 0.1) is 0 Å². The minimum atomic E-state index is -0.666. The lowest BCUT2D eigenvalue weighted by molar-refractivity contribution is -0.150. The second kappa shape index (κ2) is 11.0. The van der Waals surface area contributed by atoms with Crippen LogP contribution in [0.2, 0.25) is 5.02 Å². The molecule has 3 N–H and O–H groups in total. The van der Waals surface area contributed by atoms with Crippen molar-refractivity contribution in [2.75, 3.05) is 45.2 Å². The number of morpholine rings is 1. The summed E-state index contributed by atoms with van der Waals surface area (Å²) in [5, 5.41) is 8.15. The van der Waals surface area contributed by atoms with Crippen molar-refractivity contribution in [3.8, 4) is 0 Å². The van der Waals surface area contributed by atoms with E-state index in [9.17, 15) is 14.4 Å². The third-order valence-corrected chi connectivity index (χ3v) is 7.60. The number of aromatic amines is 1. The molecule has 5 rings (SSSR count). The summed E-state index contributed by atoms with van der Waals surface area (Å²) in [4.78, 5) is 49.6. The molecule has 2 aliphatic rings. The van der Waals surface area contributed by atoms with Crippen molar-refractivity contribution in [2.45, 2.75) is 44.4 Å². The number of pyridine rings is 1. The van der Waals surface area contributed by atoms with Gasteiger partial charge in [-0.3, -0.25) is 19.5 Å². The van der Waals surface area contributed by atoms with Crippen LogP contribution in [0.1, 0.15) is 26.7 Å². The molecule has 0 spiro atoms. The number of carbonyl (C=O) groups is 3. The van der Waals surface area contributed by atoms with Crippen molar-refractivity contribution in [1.29, 1.82) is 0 Å². The molecule has 3 aromatic rings. The Hall–Kier alpha value is -3.41. The number of anilines is 1. The zero-order chi connectivity index (χ0) is 27.7. The number of alkyl carbamates (subject to hydrolysis) is 1. The fourth-order valence-corrected chi connectivity index (χ4v) is 5.59. The maximum atomic E-state index is 13.6. The smallest absolute Gasteiger partial charge is 0.407 e. The lowest BCUT2D eigenvalue weighted by atomic mass is 10.0. The molecule has 39 heavy (non-hydrogen) atoms. The van der Waals surface area contributed by atoms with Crippen molar-refractivity contribution in [2.24, 2.45) is 0 Å². The molecule has 208 valence electrons. The maximum absolute atomic E-state index is 13.6. The summed E-state index contributed by atoms with van der Waals surface area (Å²) in [6.45, 7) is 5.59. The number of methoxy groups -OCH3 is 1. The van der Waals surface area contributed by atoms with E-state index >= 15 is 0 Å². The highest BCUT2D eigenvalue weighted by Gasteiger charge is 2.39. The molecular formula is C27H33ClN6O5. The predicted molar refractivity (Wildman–Crippen MR) is 148 cm³/mol. The number of hydrogen-bond donors (Lipinski definition) is 3. The van der Waals surface area contributed by atoms with Crippen molar-refractivity contribution in [3.05, 3.63) is 35.6 Å². The van der Waals surface area contributed by atoms with Crippen molar-refractivity contribution in [1.82, 2.24) is 25.1 Å². The molecular weight excluding hydrogens is 524 g/mol. The number of halogens is 1. The second-order valence-electron chi connectivity index (χ2n) is 10.7. The summed E-state index contributed by atoms with van der Waals surface area (Å²) < 4.78 is 10.7. The van der Waals surface area contributed by atoms with Crippen LogP contribution >= 0.6 is 11.6 Å². The molecule has 2 saturated heterocycles. The molecule has 11 nitrogen and oxygen atoms in total. The van der Waals surface area contributed by atoms with Crippen LogP contribution in [-0.4, -0.2) is 95.3 Å². The van der Waals surface area contributed by atoms with Gasteiger partial charge in [0.25, 0.3) is 0 Å². The minimum Gasteiger partial charge on any atom is -0.453 e. The minimum absolute atomic E-state index is 0.0303. The Morgan fingerprint density at radius 3 is 2.74 bits per heavy atom. The molecule has 4 heterocycles. The van der Waals surface area contributed by atoms with Crippen LogP contribution in [0.3, 0.4) is 0 Å². The number of carbonyl (C=O) groups excluding carboxylic acids is 3. The summed E-state index contributed by atoms with van der Waals surface area (Å²) >= 11 is 6.42. The van der Waals surface area contributed by atoms with Crippen molar-refractivity contribution >= 4 is 57.0 Å². The van der Waals surface area contributed by atoms with Crippen LogP contribution in [0.5, 0.6) is 0 Å². The molecule has 1 atom stereocenters. The van der Waals surface area contributed by atoms with Crippen LogP contribution < -0.4 is 10.6 Å². The molecule has 2 aromatic heterocycles. The molecule has 3 amide bonds. The topological polar surface area (TPSA) is 129 Å². The van der Waals surface area contributed by atoms with Gasteiger partial charge in [0.15, 0.2) is 0 Å². The zero-order valence-corrected chi connectivity index (χ0v) is 23.0. The quantitative estimate of drug-likeness (QED) is 0.440. The normalized spacial score (nSPS) is 20.2. The highest BCUT2D eigenvalue weighted by Crippen LogP contribution is 2.33. The number of benzene rings is 1. The number of ether oxygens (including phenoxy) is 2. The van der Waals surface area contributed by atoms with Gasteiger partial charge in [-0.05, 0) is 44.9 Å². The van der Waals surface area contributed by atoms with Gasteiger partial charge < -0.3 is 30.0 Å². The van der Waals surface area contributed by atoms with E-state index in [0.29, 0.717) is 43.2 Å². The number of H-pyrrole nitrogens is 1. The fourth-order valence-electron chi connectivity index (χ4n) is 5.37. The number of amides is 3. The van der Waals surface area contributed by atoms with Gasteiger partial charge in [0.1, 0.15) is 6.04 Å². The number of piperidine rings is 1. The Morgan fingerprint density at radius 2 is 2.00 bits per heavy atom. The van der Waals surface area contributed by atoms with Gasteiger partial charge >= 0.3 is 6.09 Å². The van der Waals surface area contributed by atoms with E-state index in [4.69, 9.17) is 16.3 Å². The summed E-state index contributed by atoms with van der Waals surface area (Å²) in [5.74, 6) is -0.338. The average Bonchev–Trinajstić information content (AvgIpc) is 3.27. The number of aromatic nitrogens is 2. The van der Waals surface area contributed by atoms with E-state index in [0.717, 1.165) is 21.8 Å². The largest absolute Gasteiger partial charge is 0.453 e. The van der Waals surface area contributed by atoms with Crippen LogP contribution in [0.25, 0.3) is 21.8 Å². The lowest BCUT2D eigenvalue weighted by Gasteiger charge is -2.43. The van der Waals surface area contributed by atoms with E-state index in [1.54, 1.807) is 23.4 Å². The summed E-state index contributed by atoms with van der Waals surface area (Å²) in [5.41, 5.74) is 1.63. The zero-order valence-electron chi connectivity index (χ0n) is 22.3. The molecule has 12 heteroatoms. The third kappa shape index (κ3) is 5.95. The average molecular weight is 557 g/mol. The Morgan fingerprint density at radius 1 is 1.23 bits per heavy atom. The van der Waals surface area contributed by atoms with E-state index in [-0.39, 0.29) is 31.0 Å². The number of rotatable bonds is 5. The van der Waals surface area contributed by atoms with Crippen LogP contribution in [-0.2, 0) is 19.1 Å². The van der Waals surface area contributed by atoms with Gasteiger partial charge in [0, 0.05) is 47.7 Å². The molecule has 0 aliphatic carbocycles. The number of hydrogen-bond acceptors (Lipinski definition) is 7. The van der Waals surface area contributed by atoms with Gasteiger partial charge in [-0.2, -0.15) is 0 Å². The molecule has 0 unspecified atom stereocenters. The highest BCUT2D eigenvalue weighted by atomic mass is 35.5. The highest BCUT2D eigenvalue weighted by molar-refractivity contribution is 6.33. The predicted octanol–water partition coefficient (Wildman–Crippen LogP) is 3.13. The summed E-state index contributed by atoms with van der Waals surface area (Å²) in [6.07, 6.45) is 4.26. The molecule has 0 bridgehead atoms. The molecule has 2 aliphatic heterocycles. The monoisotopic (exact) mass is 556 g/mol.